The highest BCUT2D eigenvalue weighted by molar-refractivity contribution is 6.79. The van der Waals surface area contributed by atoms with Gasteiger partial charge in [0.2, 0.25) is 0 Å². The van der Waals surface area contributed by atoms with Crippen molar-refractivity contribution in [2.75, 3.05) is 5.88 Å². The molecule has 0 rings (SSSR count). The minimum Gasteiger partial charge on any atom is -0.518 e. The van der Waals surface area contributed by atoms with E-state index in [1.807, 2.05) is 0 Å². The Morgan fingerprint density at radius 2 is 1.37 bits per heavy atom. The van der Waals surface area contributed by atoms with Crippen LogP contribution in [0.1, 0.15) is 67.2 Å². The first-order chi connectivity index (χ1) is 8.90. The molecule has 0 aromatic heterocycles. The summed E-state index contributed by atoms with van der Waals surface area (Å²) in [7, 11) is -2.11. The van der Waals surface area contributed by atoms with E-state index in [4.69, 9.17) is 16.0 Å². The van der Waals surface area contributed by atoms with Crippen LogP contribution in [0.4, 0.5) is 0 Å². The third kappa shape index (κ3) is 4.49. The summed E-state index contributed by atoms with van der Waals surface area (Å²) >= 11 is 5.68. The lowest BCUT2D eigenvalue weighted by Crippen LogP contribution is -2.51. The van der Waals surface area contributed by atoms with E-state index in [-0.39, 0.29) is 5.97 Å². The van der Waals surface area contributed by atoms with Crippen molar-refractivity contribution in [3.63, 3.8) is 0 Å². The Bertz CT molecular complexity index is 244. The number of carbonyl (C=O) groups is 1. The number of hydrogen-bond donors (Lipinski definition) is 0. The monoisotopic (exact) mass is 306 g/mol. The van der Waals surface area contributed by atoms with Crippen LogP contribution in [0, 0.1) is 0 Å². The van der Waals surface area contributed by atoms with Crippen LogP contribution >= 0.6 is 11.6 Å². The molecule has 0 amide bonds. The number of halogens is 1. The quantitative estimate of drug-likeness (QED) is 0.415. The number of alkyl halides is 1. The van der Waals surface area contributed by atoms with Crippen LogP contribution in [-0.2, 0) is 9.22 Å². The highest BCUT2D eigenvalue weighted by Crippen LogP contribution is 2.47. The molecule has 3 atom stereocenters. The zero-order valence-corrected chi connectivity index (χ0v) is 15.2. The first kappa shape index (κ1) is 19.0. The van der Waals surface area contributed by atoms with E-state index in [9.17, 15) is 4.79 Å². The maximum absolute atomic E-state index is 12.0. The predicted octanol–water partition coefficient (Wildman–Crippen LogP) is 5.50. The number of hydrogen-bond acceptors (Lipinski definition) is 2. The third-order valence-corrected chi connectivity index (χ3v) is 11.4. The van der Waals surface area contributed by atoms with E-state index < -0.39 is 8.32 Å². The van der Waals surface area contributed by atoms with Crippen molar-refractivity contribution < 1.29 is 9.22 Å². The Morgan fingerprint density at radius 3 is 1.63 bits per heavy atom. The minimum atomic E-state index is -2.11. The summed E-state index contributed by atoms with van der Waals surface area (Å²) in [5, 5.41) is 0. The highest BCUT2D eigenvalue weighted by atomic mass is 35.5. The van der Waals surface area contributed by atoms with Crippen molar-refractivity contribution in [2.45, 2.75) is 83.8 Å². The van der Waals surface area contributed by atoms with Crippen molar-refractivity contribution in [3.8, 4) is 0 Å². The molecule has 0 radical (unpaired) electrons. The van der Waals surface area contributed by atoms with Crippen LogP contribution in [0.2, 0.25) is 16.6 Å². The van der Waals surface area contributed by atoms with Gasteiger partial charge in [0.1, 0.15) is 0 Å². The average molecular weight is 307 g/mol. The maximum Gasteiger partial charge on any atom is 0.293 e. The number of carbonyl (C=O) groups excluding carboxylic acids is 1. The SMILES string of the molecule is CCC(C)[Si](OC(=O)CCCl)(C(C)CC)C(C)CC. The third-order valence-electron chi connectivity index (χ3n) is 4.74. The van der Waals surface area contributed by atoms with Gasteiger partial charge >= 0.3 is 0 Å². The first-order valence-corrected chi connectivity index (χ1v) is 10.4. The van der Waals surface area contributed by atoms with Gasteiger partial charge in [0.15, 0.2) is 0 Å². The minimum absolute atomic E-state index is 0.0948. The fraction of sp³-hybridized carbons (Fsp3) is 0.933. The Labute approximate surface area is 125 Å². The molecule has 0 spiro atoms. The van der Waals surface area contributed by atoms with Crippen molar-refractivity contribution in [3.05, 3.63) is 0 Å². The van der Waals surface area contributed by atoms with Gasteiger partial charge in [-0.25, -0.2) is 0 Å². The average Bonchev–Trinajstić information content (AvgIpc) is 2.42. The van der Waals surface area contributed by atoms with Gasteiger partial charge in [-0.15, -0.1) is 11.6 Å². The highest BCUT2D eigenvalue weighted by Gasteiger charge is 2.51. The summed E-state index contributed by atoms with van der Waals surface area (Å²) in [6, 6.07) is 0. The standard InChI is InChI=1S/C15H31ClO2Si/c1-7-12(4)19(13(5)8-2,14(6)9-3)18-15(17)10-11-16/h12-14H,7-11H2,1-6H3. The summed E-state index contributed by atoms with van der Waals surface area (Å²) < 4.78 is 6.15. The van der Waals surface area contributed by atoms with Crippen LogP contribution in [0.15, 0.2) is 0 Å². The fourth-order valence-corrected chi connectivity index (χ4v) is 9.12. The molecule has 0 aromatic rings. The maximum atomic E-state index is 12.0. The van der Waals surface area contributed by atoms with Gasteiger partial charge in [-0.05, 0) is 16.6 Å². The van der Waals surface area contributed by atoms with Gasteiger partial charge in [0.25, 0.3) is 14.3 Å². The lowest BCUT2D eigenvalue weighted by molar-refractivity contribution is -0.135. The Balaban J connectivity index is 5.41. The van der Waals surface area contributed by atoms with Crippen LogP contribution in [0.25, 0.3) is 0 Å². The Hall–Kier alpha value is -0.0231. The molecule has 0 bridgehead atoms. The number of rotatable bonds is 9. The summed E-state index contributed by atoms with van der Waals surface area (Å²) in [4.78, 5) is 12.0. The molecule has 0 saturated carbocycles. The van der Waals surface area contributed by atoms with E-state index in [0.29, 0.717) is 28.9 Å². The van der Waals surface area contributed by atoms with E-state index in [1.54, 1.807) is 0 Å². The van der Waals surface area contributed by atoms with E-state index in [1.165, 1.54) is 0 Å². The zero-order valence-electron chi connectivity index (χ0n) is 13.5. The molecule has 0 aliphatic heterocycles. The molecule has 0 heterocycles. The lowest BCUT2D eigenvalue weighted by atomic mass is 10.3. The van der Waals surface area contributed by atoms with Gasteiger partial charge < -0.3 is 4.43 Å². The largest absolute Gasteiger partial charge is 0.518 e. The molecule has 0 fully saturated rings. The molecule has 3 unspecified atom stereocenters. The van der Waals surface area contributed by atoms with Crippen molar-refractivity contribution >= 4 is 25.9 Å². The molecule has 114 valence electrons. The van der Waals surface area contributed by atoms with Gasteiger partial charge in [-0.1, -0.05) is 60.8 Å². The first-order valence-electron chi connectivity index (χ1n) is 7.68. The Morgan fingerprint density at radius 1 is 1.00 bits per heavy atom. The van der Waals surface area contributed by atoms with Gasteiger partial charge in [-0.3, -0.25) is 4.79 Å². The Kier molecular flexibility index (Phi) is 9.00. The molecule has 0 aliphatic rings. The van der Waals surface area contributed by atoms with Crippen molar-refractivity contribution in [2.24, 2.45) is 0 Å². The summed E-state index contributed by atoms with van der Waals surface area (Å²) in [6.45, 7) is 13.4. The zero-order chi connectivity index (χ0) is 15.1. The van der Waals surface area contributed by atoms with Crippen molar-refractivity contribution in [1.29, 1.82) is 0 Å². The molecule has 0 saturated heterocycles. The predicted molar refractivity (Wildman–Crippen MR) is 86.3 cm³/mol. The molecular formula is C15H31ClO2Si. The summed E-state index contributed by atoms with van der Waals surface area (Å²) in [5.41, 5.74) is 1.49. The second kappa shape index (κ2) is 9.01. The van der Waals surface area contributed by atoms with Crippen LogP contribution in [0.5, 0.6) is 0 Å². The van der Waals surface area contributed by atoms with Gasteiger partial charge in [-0.2, -0.15) is 0 Å². The van der Waals surface area contributed by atoms with E-state index in [0.717, 1.165) is 19.3 Å². The fourth-order valence-electron chi connectivity index (χ4n) is 3.04. The van der Waals surface area contributed by atoms with Gasteiger partial charge in [0, 0.05) is 5.88 Å². The van der Waals surface area contributed by atoms with E-state index in [2.05, 4.69) is 41.5 Å². The van der Waals surface area contributed by atoms with Crippen LogP contribution in [0.3, 0.4) is 0 Å². The molecule has 2 nitrogen and oxygen atoms in total. The topological polar surface area (TPSA) is 26.3 Å². The van der Waals surface area contributed by atoms with Crippen LogP contribution in [-0.4, -0.2) is 20.2 Å². The molecular weight excluding hydrogens is 276 g/mol. The second-order valence-electron chi connectivity index (χ2n) is 5.69. The van der Waals surface area contributed by atoms with Crippen LogP contribution < -0.4 is 0 Å². The summed E-state index contributed by atoms with van der Waals surface area (Å²) in [6.07, 6.45) is 3.57. The second-order valence-corrected chi connectivity index (χ2v) is 10.9. The molecule has 4 heteroatoms. The molecule has 0 aliphatic carbocycles. The molecule has 0 aromatic carbocycles. The smallest absolute Gasteiger partial charge is 0.293 e. The molecule has 0 N–H and O–H groups in total. The lowest BCUT2D eigenvalue weighted by Gasteiger charge is -2.44. The van der Waals surface area contributed by atoms with E-state index >= 15 is 0 Å². The van der Waals surface area contributed by atoms with Crippen molar-refractivity contribution in [1.82, 2.24) is 0 Å². The summed E-state index contributed by atoms with van der Waals surface area (Å²) in [5.74, 6) is 0.257. The molecule has 19 heavy (non-hydrogen) atoms. The van der Waals surface area contributed by atoms with Gasteiger partial charge in [0.05, 0.1) is 6.42 Å². The normalized spacial score (nSPS) is 19.3.